The molecule has 0 saturated heterocycles. The Balaban J connectivity index is 3.44. The first-order valence-corrected chi connectivity index (χ1v) is 4.87. The summed E-state index contributed by atoms with van der Waals surface area (Å²) in [7, 11) is 0. The number of carbonyl (C=O) groups excluding carboxylic acids is 1. The summed E-state index contributed by atoms with van der Waals surface area (Å²) < 4.78 is 2.94. The highest BCUT2D eigenvalue weighted by atomic mass is 127. The molecule has 66 valence electrons. The largest absolute Gasteiger partial charge is 0.330 e. The number of unbranched alkanes of at least 4 members (excludes halogenated alkanes) is 1. The number of carbonyl (C=O) groups is 1. The third kappa shape index (κ3) is 5.57. The van der Waals surface area contributed by atoms with Crippen molar-refractivity contribution in [1.29, 1.82) is 0 Å². The summed E-state index contributed by atoms with van der Waals surface area (Å²) in [5, 5.41) is 0. The zero-order valence-electron chi connectivity index (χ0n) is 6.77. The summed E-state index contributed by atoms with van der Waals surface area (Å²) >= 11 is 2.01. The molecule has 0 rings (SSSR count). The summed E-state index contributed by atoms with van der Waals surface area (Å²) in [4.78, 5) is 10.9. The molecule has 3 nitrogen and oxygen atoms in total. The summed E-state index contributed by atoms with van der Waals surface area (Å²) in [6.45, 7) is 2.32. The van der Waals surface area contributed by atoms with Crippen LogP contribution in [0.5, 0.6) is 0 Å². The Bertz CT molecular complexity index is 119. The maximum absolute atomic E-state index is 10.9. The average Bonchev–Trinajstić information content (AvgIpc) is 1.97. The maximum atomic E-state index is 10.9. The van der Waals surface area contributed by atoms with Gasteiger partial charge in [0.1, 0.15) is 5.78 Å². The molecule has 11 heavy (non-hydrogen) atoms. The SMILES string of the molecule is CC(=O)[C@H](CCCCN)NI. The van der Waals surface area contributed by atoms with E-state index in [2.05, 4.69) is 3.53 Å². The third-order valence-electron chi connectivity index (χ3n) is 1.57. The molecule has 1 atom stereocenters. The van der Waals surface area contributed by atoms with E-state index >= 15 is 0 Å². The van der Waals surface area contributed by atoms with Crippen LogP contribution < -0.4 is 9.26 Å². The van der Waals surface area contributed by atoms with Crippen LogP contribution in [-0.2, 0) is 4.79 Å². The summed E-state index contributed by atoms with van der Waals surface area (Å²) in [6.07, 6.45) is 2.92. The molecular weight excluding hydrogens is 255 g/mol. The molecule has 0 aromatic carbocycles. The van der Waals surface area contributed by atoms with Gasteiger partial charge >= 0.3 is 0 Å². The van der Waals surface area contributed by atoms with Crippen molar-refractivity contribution in [2.75, 3.05) is 6.54 Å². The Kier molecular flexibility index (Phi) is 7.20. The van der Waals surface area contributed by atoms with E-state index in [0.717, 1.165) is 19.3 Å². The van der Waals surface area contributed by atoms with Gasteiger partial charge in [-0.1, -0.05) is 6.42 Å². The average molecular weight is 270 g/mol. The first-order valence-electron chi connectivity index (χ1n) is 3.79. The third-order valence-corrected chi connectivity index (χ3v) is 2.32. The molecule has 0 amide bonds. The van der Waals surface area contributed by atoms with Crippen LogP contribution in [0, 0.1) is 0 Å². The van der Waals surface area contributed by atoms with E-state index in [1.54, 1.807) is 6.92 Å². The molecule has 0 aromatic rings. The second-order valence-corrected chi connectivity index (χ2v) is 3.18. The van der Waals surface area contributed by atoms with Gasteiger partial charge in [-0.15, -0.1) is 0 Å². The molecule has 0 aliphatic carbocycles. The lowest BCUT2D eigenvalue weighted by molar-refractivity contribution is -0.118. The molecule has 4 heteroatoms. The fourth-order valence-electron chi connectivity index (χ4n) is 0.827. The first kappa shape index (κ1) is 11.3. The van der Waals surface area contributed by atoms with Crippen LogP contribution in [0.2, 0.25) is 0 Å². The van der Waals surface area contributed by atoms with Crippen molar-refractivity contribution >= 4 is 28.6 Å². The van der Waals surface area contributed by atoms with Gasteiger partial charge in [0.05, 0.1) is 6.04 Å². The van der Waals surface area contributed by atoms with Gasteiger partial charge in [0, 0.05) is 22.9 Å². The lowest BCUT2D eigenvalue weighted by atomic mass is 10.1. The minimum Gasteiger partial charge on any atom is -0.330 e. The zero-order chi connectivity index (χ0) is 8.69. The highest BCUT2D eigenvalue weighted by molar-refractivity contribution is 14.1. The predicted molar refractivity (Wildman–Crippen MR) is 54.5 cm³/mol. The smallest absolute Gasteiger partial charge is 0.147 e. The fourth-order valence-corrected chi connectivity index (χ4v) is 1.58. The van der Waals surface area contributed by atoms with Gasteiger partial charge in [0.25, 0.3) is 0 Å². The molecule has 0 spiro atoms. The fraction of sp³-hybridized carbons (Fsp3) is 0.857. The van der Waals surface area contributed by atoms with Crippen LogP contribution in [0.15, 0.2) is 0 Å². The Morgan fingerprint density at radius 2 is 2.27 bits per heavy atom. The molecule has 0 radical (unpaired) electrons. The number of nitrogens with two attached hydrogens (primary N) is 1. The van der Waals surface area contributed by atoms with Gasteiger partial charge in [-0.3, -0.25) is 8.32 Å². The Hall–Kier alpha value is 0.320. The van der Waals surface area contributed by atoms with Crippen LogP contribution >= 0.6 is 22.9 Å². The lowest BCUT2D eigenvalue weighted by Crippen LogP contribution is -2.28. The standard InChI is InChI=1S/C7H15IN2O/c1-6(11)7(10-8)4-2-3-5-9/h7,10H,2-5,9H2,1H3/t7-/m0/s1. The quantitative estimate of drug-likeness (QED) is 0.430. The Morgan fingerprint density at radius 3 is 2.64 bits per heavy atom. The number of halogens is 1. The maximum Gasteiger partial charge on any atom is 0.147 e. The normalized spacial score (nSPS) is 13.0. The van der Waals surface area contributed by atoms with Gasteiger partial charge in [-0.05, 0) is 26.3 Å². The van der Waals surface area contributed by atoms with E-state index in [4.69, 9.17) is 5.73 Å². The van der Waals surface area contributed by atoms with Crippen LogP contribution in [0.1, 0.15) is 26.2 Å². The van der Waals surface area contributed by atoms with Gasteiger partial charge in [0.15, 0.2) is 0 Å². The second-order valence-electron chi connectivity index (χ2n) is 2.56. The monoisotopic (exact) mass is 270 g/mol. The van der Waals surface area contributed by atoms with Crippen LogP contribution in [0.4, 0.5) is 0 Å². The van der Waals surface area contributed by atoms with E-state index < -0.39 is 0 Å². The number of hydrogen-bond donors (Lipinski definition) is 2. The number of hydrogen-bond acceptors (Lipinski definition) is 3. The lowest BCUT2D eigenvalue weighted by Gasteiger charge is -2.09. The van der Waals surface area contributed by atoms with Crippen molar-refractivity contribution in [3.63, 3.8) is 0 Å². The van der Waals surface area contributed by atoms with E-state index in [9.17, 15) is 4.79 Å². The van der Waals surface area contributed by atoms with Crippen LogP contribution in [0.3, 0.4) is 0 Å². The topological polar surface area (TPSA) is 55.1 Å². The second kappa shape index (κ2) is 7.00. The van der Waals surface area contributed by atoms with Gasteiger partial charge < -0.3 is 5.73 Å². The molecule has 0 saturated carbocycles. The highest BCUT2D eigenvalue weighted by Gasteiger charge is 2.10. The Labute approximate surface area is 81.6 Å². The van der Waals surface area contributed by atoms with Crippen LogP contribution in [0.25, 0.3) is 0 Å². The number of ketones is 1. The summed E-state index contributed by atoms with van der Waals surface area (Å²) in [5.74, 6) is 0.205. The number of Topliss-reactive ketones (excluding diaryl/α,β-unsaturated/α-hetero) is 1. The van der Waals surface area contributed by atoms with E-state index in [1.807, 2.05) is 22.9 Å². The van der Waals surface area contributed by atoms with Crippen molar-refractivity contribution in [2.45, 2.75) is 32.2 Å². The summed E-state index contributed by atoms with van der Waals surface area (Å²) in [5.41, 5.74) is 5.33. The minimum atomic E-state index is 0.0159. The molecule has 0 aromatic heterocycles. The zero-order valence-corrected chi connectivity index (χ0v) is 8.93. The van der Waals surface area contributed by atoms with Crippen molar-refractivity contribution in [3.05, 3.63) is 0 Å². The molecular formula is C7H15IN2O. The minimum absolute atomic E-state index is 0.0159. The molecule has 0 aliphatic heterocycles. The first-order chi connectivity index (χ1) is 5.22. The molecule has 0 fully saturated rings. The molecule has 0 unspecified atom stereocenters. The predicted octanol–water partition coefficient (Wildman–Crippen LogP) is 1.01. The van der Waals surface area contributed by atoms with E-state index in [-0.39, 0.29) is 11.8 Å². The number of nitrogens with one attached hydrogen (secondary N) is 1. The van der Waals surface area contributed by atoms with E-state index in [1.165, 1.54) is 0 Å². The summed E-state index contributed by atoms with van der Waals surface area (Å²) in [6, 6.07) is 0.0159. The molecule has 0 aliphatic rings. The van der Waals surface area contributed by atoms with Gasteiger partial charge in [-0.25, -0.2) is 0 Å². The highest BCUT2D eigenvalue weighted by Crippen LogP contribution is 2.02. The van der Waals surface area contributed by atoms with Crippen molar-refractivity contribution < 1.29 is 4.79 Å². The van der Waals surface area contributed by atoms with Gasteiger partial charge in [0.2, 0.25) is 0 Å². The van der Waals surface area contributed by atoms with Crippen molar-refractivity contribution in [1.82, 2.24) is 3.53 Å². The molecule has 3 N–H and O–H groups in total. The Morgan fingerprint density at radius 1 is 1.64 bits per heavy atom. The van der Waals surface area contributed by atoms with Crippen molar-refractivity contribution in [3.8, 4) is 0 Å². The van der Waals surface area contributed by atoms with Gasteiger partial charge in [-0.2, -0.15) is 0 Å². The molecule has 0 heterocycles. The van der Waals surface area contributed by atoms with Crippen molar-refractivity contribution in [2.24, 2.45) is 5.73 Å². The number of rotatable bonds is 6. The van der Waals surface area contributed by atoms with E-state index in [0.29, 0.717) is 6.54 Å². The molecule has 0 bridgehead atoms. The van der Waals surface area contributed by atoms with Crippen LogP contribution in [-0.4, -0.2) is 18.4 Å².